The minimum Gasteiger partial charge on any atom is -0.365 e. The maximum Gasteiger partial charge on any atom is 0.222 e. The topological polar surface area (TPSA) is 86.8 Å². The highest BCUT2D eigenvalue weighted by Crippen LogP contribution is 2.31. The van der Waals surface area contributed by atoms with E-state index in [9.17, 15) is 9.18 Å². The second kappa shape index (κ2) is 7.83. The van der Waals surface area contributed by atoms with Crippen molar-refractivity contribution >= 4 is 34.4 Å². The molecule has 1 aliphatic heterocycles. The van der Waals surface area contributed by atoms with Gasteiger partial charge in [0.05, 0.1) is 11.2 Å². The SMILES string of the molecule is O=C1CCCN1[C@@H]1CCC[C@H](Nc2nc(-c3c[nH]c4ncc(Cl)cc34)ncc2F)C1. The molecular weight excluding hydrogens is 407 g/mol. The van der Waals surface area contributed by atoms with Gasteiger partial charge in [0.2, 0.25) is 5.91 Å². The average molecular weight is 429 g/mol. The molecule has 1 saturated carbocycles. The Balaban J connectivity index is 1.38. The van der Waals surface area contributed by atoms with Gasteiger partial charge in [0.25, 0.3) is 0 Å². The Bertz CT molecular complexity index is 1100. The molecule has 2 fully saturated rings. The van der Waals surface area contributed by atoms with E-state index in [1.54, 1.807) is 18.5 Å². The quantitative estimate of drug-likeness (QED) is 0.651. The molecule has 9 heteroatoms. The van der Waals surface area contributed by atoms with Gasteiger partial charge in [-0.25, -0.2) is 19.3 Å². The summed E-state index contributed by atoms with van der Waals surface area (Å²) in [5.74, 6) is 0.330. The number of aromatic nitrogens is 4. The van der Waals surface area contributed by atoms with Crippen molar-refractivity contribution in [3.8, 4) is 11.4 Å². The van der Waals surface area contributed by atoms with Crippen LogP contribution in [-0.2, 0) is 4.79 Å². The third-order valence-corrected chi connectivity index (χ3v) is 6.23. The zero-order valence-electron chi connectivity index (χ0n) is 16.4. The number of nitrogens with one attached hydrogen (secondary N) is 2. The molecule has 2 atom stereocenters. The van der Waals surface area contributed by atoms with Crippen molar-refractivity contribution in [3.05, 3.63) is 35.5 Å². The van der Waals surface area contributed by atoms with E-state index in [0.717, 1.165) is 44.0 Å². The normalized spacial score (nSPS) is 22.1. The molecule has 4 heterocycles. The Morgan fingerprint density at radius 1 is 1.23 bits per heavy atom. The first-order chi connectivity index (χ1) is 14.6. The van der Waals surface area contributed by atoms with Crippen molar-refractivity contribution in [1.29, 1.82) is 0 Å². The highest BCUT2D eigenvalue weighted by Gasteiger charge is 2.32. The van der Waals surface area contributed by atoms with Crippen LogP contribution in [0.25, 0.3) is 22.4 Å². The van der Waals surface area contributed by atoms with E-state index in [1.807, 2.05) is 4.90 Å². The minimum absolute atomic E-state index is 0.0634. The first kappa shape index (κ1) is 19.2. The summed E-state index contributed by atoms with van der Waals surface area (Å²) in [4.78, 5) is 30.1. The highest BCUT2D eigenvalue weighted by atomic mass is 35.5. The molecule has 0 radical (unpaired) electrons. The fraction of sp³-hybridized carbons (Fsp3) is 0.429. The molecule has 0 unspecified atom stereocenters. The zero-order chi connectivity index (χ0) is 20.7. The fourth-order valence-corrected chi connectivity index (χ4v) is 4.75. The van der Waals surface area contributed by atoms with E-state index < -0.39 is 5.82 Å². The summed E-state index contributed by atoms with van der Waals surface area (Å²) in [5, 5.41) is 4.55. The molecule has 156 valence electrons. The van der Waals surface area contributed by atoms with Gasteiger partial charge >= 0.3 is 0 Å². The summed E-state index contributed by atoms with van der Waals surface area (Å²) < 4.78 is 14.5. The van der Waals surface area contributed by atoms with Crippen LogP contribution in [0.15, 0.2) is 24.7 Å². The summed E-state index contributed by atoms with van der Waals surface area (Å²) in [5.41, 5.74) is 1.38. The van der Waals surface area contributed by atoms with E-state index in [0.29, 0.717) is 28.5 Å². The summed E-state index contributed by atoms with van der Waals surface area (Å²) in [6.07, 6.45) is 9.80. The van der Waals surface area contributed by atoms with Crippen LogP contribution in [0, 0.1) is 5.82 Å². The van der Waals surface area contributed by atoms with Gasteiger partial charge in [-0.3, -0.25) is 4.79 Å². The van der Waals surface area contributed by atoms with Crippen LogP contribution in [0.2, 0.25) is 5.02 Å². The lowest BCUT2D eigenvalue weighted by molar-refractivity contribution is -0.130. The number of aromatic amines is 1. The number of carbonyl (C=O) groups is 1. The standard InChI is InChI=1S/C21H22ClFN6O/c22-12-7-15-16(10-25-19(15)24-9-12)20-26-11-17(23)21(28-20)27-13-3-1-4-14(8-13)29-6-2-5-18(29)30/h7,9-11,13-14H,1-6,8H2,(H,24,25)(H,26,27,28)/t13-,14+/m0/s1. The number of anilines is 1. The Morgan fingerprint density at radius 3 is 2.97 bits per heavy atom. The molecule has 7 nitrogen and oxygen atoms in total. The third-order valence-electron chi connectivity index (χ3n) is 6.02. The van der Waals surface area contributed by atoms with Crippen molar-refractivity contribution in [1.82, 2.24) is 24.8 Å². The summed E-state index contributed by atoms with van der Waals surface area (Å²) in [6, 6.07) is 2.07. The van der Waals surface area contributed by atoms with Crippen LogP contribution in [0.3, 0.4) is 0 Å². The van der Waals surface area contributed by atoms with Crippen LogP contribution >= 0.6 is 11.6 Å². The number of hydrogen-bond acceptors (Lipinski definition) is 5. The lowest BCUT2D eigenvalue weighted by Crippen LogP contribution is -2.42. The highest BCUT2D eigenvalue weighted by molar-refractivity contribution is 6.31. The van der Waals surface area contributed by atoms with E-state index >= 15 is 0 Å². The molecule has 3 aromatic rings. The molecule has 2 N–H and O–H groups in total. The molecule has 0 bridgehead atoms. The second-order valence-electron chi connectivity index (χ2n) is 7.99. The Morgan fingerprint density at radius 2 is 2.13 bits per heavy atom. The number of likely N-dealkylation sites (tertiary alicyclic amines) is 1. The van der Waals surface area contributed by atoms with Crippen molar-refractivity contribution in [2.24, 2.45) is 0 Å². The van der Waals surface area contributed by atoms with E-state index in [2.05, 4.69) is 25.3 Å². The summed E-state index contributed by atoms with van der Waals surface area (Å²) >= 11 is 6.08. The Labute approximate surface area is 178 Å². The molecule has 1 aliphatic carbocycles. The summed E-state index contributed by atoms with van der Waals surface area (Å²) in [6.45, 7) is 0.833. The molecule has 0 spiro atoms. The number of halogens is 2. The fourth-order valence-electron chi connectivity index (χ4n) is 4.59. The van der Waals surface area contributed by atoms with Crippen molar-refractivity contribution < 1.29 is 9.18 Å². The molecule has 2 aliphatic rings. The largest absolute Gasteiger partial charge is 0.365 e. The Kier molecular flexibility index (Phi) is 5.02. The number of carbonyl (C=O) groups excluding carboxylic acids is 1. The van der Waals surface area contributed by atoms with E-state index in [4.69, 9.17) is 11.6 Å². The molecule has 1 saturated heterocycles. The number of pyridine rings is 1. The van der Waals surface area contributed by atoms with Crippen LogP contribution in [-0.4, -0.2) is 49.4 Å². The predicted octanol–water partition coefficient (Wildman–Crippen LogP) is 4.16. The first-order valence-electron chi connectivity index (χ1n) is 10.3. The van der Waals surface area contributed by atoms with Crippen LogP contribution in [0.4, 0.5) is 10.2 Å². The zero-order valence-corrected chi connectivity index (χ0v) is 17.1. The van der Waals surface area contributed by atoms with Crippen LogP contribution < -0.4 is 5.32 Å². The lowest BCUT2D eigenvalue weighted by atomic mass is 9.90. The van der Waals surface area contributed by atoms with Crippen LogP contribution in [0.5, 0.6) is 0 Å². The van der Waals surface area contributed by atoms with E-state index in [1.165, 1.54) is 6.20 Å². The maximum absolute atomic E-state index is 14.5. The number of amides is 1. The summed E-state index contributed by atoms with van der Waals surface area (Å²) in [7, 11) is 0. The second-order valence-corrected chi connectivity index (χ2v) is 8.43. The minimum atomic E-state index is -0.492. The van der Waals surface area contributed by atoms with Gasteiger partial charge in [-0.15, -0.1) is 0 Å². The molecular formula is C21H22ClFN6O. The molecule has 1 amide bonds. The molecule has 5 rings (SSSR count). The van der Waals surface area contributed by atoms with Crippen LogP contribution in [0.1, 0.15) is 38.5 Å². The monoisotopic (exact) mass is 428 g/mol. The molecule has 3 aromatic heterocycles. The number of fused-ring (bicyclic) bond motifs is 1. The lowest BCUT2D eigenvalue weighted by Gasteiger charge is -2.35. The number of H-pyrrole nitrogens is 1. The van der Waals surface area contributed by atoms with Crippen molar-refractivity contribution in [2.45, 2.75) is 50.6 Å². The van der Waals surface area contributed by atoms with Crippen molar-refractivity contribution in [2.75, 3.05) is 11.9 Å². The number of rotatable bonds is 4. The molecule has 30 heavy (non-hydrogen) atoms. The average Bonchev–Trinajstić information content (AvgIpc) is 3.36. The predicted molar refractivity (Wildman–Crippen MR) is 113 cm³/mol. The first-order valence-corrected chi connectivity index (χ1v) is 10.7. The smallest absolute Gasteiger partial charge is 0.222 e. The van der Waals surface area contributed by atoms with Gasteiger partial charge in [0, 0.05) is 48.4 Å². The Hall–Kier alpha value is -2.74. The van der Waals surface area contributed by atoms with Gasteiger partial charge in [-0.1, -0.05) is 11.6 Å². The third kappa shape index (κ3) is 3.60. The van der Waals surface area contributed by atoms with E-state index in [-0.39, 0.29) is 23.8 Å². The maximum atomic E-state index is 14.5. The van der Waals surface area contributed by atoms with Gasteiger partial charge in [0.1, 0.15) is 5.65 Å². The van der Waals surface area contributed by atoms with Gasteiger partial charge in [0.15, 0.2) is 17.5 Å². The number of hydrogen-bond donors (Lipinski definition) is 2. The van der Waals surface area contributed by atoms with Crippen molar-refractivity contribution in [3.63, 3.8) is 0 Å². The van der Waals surface area contributed by atoms with Gasteiger partial charge < -0.3 is 15.2 Å². The number of nitrogens with zero attached hydrogens (tertiary/aromatic N) is 4. The molecule has 0 aromatic carbocycles. The van der Waals surface area contributed by atoms with Gasteiger partial charge in [-0.05, 0) is 38.2 Å². The van der Waals surface area contributed by atoms with Gasteiger partial charge in [-0.2, -0.15) is 0 Å².